The van der Waals surface area contributed by atoms with E-state index in [1.807, 2.05) is 0 Å². The van der Waals surface area contributed by atoms with Crippen molar-refractivity contribution in [2.24, 2.45) is 11.3 Å². The molecular weight excluding hydrogens is 692 g/mol. The van der Waals surface area contributed by atoms with Crippen LogP contribution >= 0.6 is 0 Å². The fourth-order valence-electron chi connectivity index (χ4n) is 4.44. The van der Waals surface area contributed by atoms with E-state index < -0.39 is 115 Å². The van der Waals surface area contributed by atoms with Crippen LogP contribution < -0.4 is 0 Å². The molecule has 47 heavy (non-hydrogen) atoms. The van der Waals surface area contributed by atoms with Crippen LogP contribution in [0.5, 0.6) is 0 Å². The first-order chi connectivity index (χ1) is 21.0. The summed E-state index contributed by atoms with van der Waals surface area (Å²) in [4.78, 5) is 49.8. The summed E-state index contributed by atoms with van der Waals surface area (Å²) in [5.74, 6) is -13.9. The fourth-order valence-corrected chi connectivity index (χ4v) is 4.44. The summed E-state index contributed by atoms with van der Waals surface area (Å²) < 4.78 is 189. The van der Waals surface area contributed by atoms with Crippen molar-refractivity contribution in [1.29, 1.82) is 0 Å². The van der Waals surface area contributed by atoms with E-state index in [1.165, 1.54) is 13.8 Å². The molecule has 0 aromatic heterocycles. The lowest BCUT2D eigenvalue weighted by atomic mass is 9.90. The maximum Gasteiger partial charge on any atom is 0.434 e. The lowest BCUT2D eigenvalue weighted by Gasteiger charge is -2.31. The number of hydrogen-bond acceptors (Lipinski definition) is 11. The zero-order valence-electron chi connectivity index (χ0n) is 24.1. The van der Waals surface area contributed by atoms with Crippen molar-refractivity contribution in [2.45, 2.75) is 114 Å². The zero-order valence-corrected chi connectivity index (χ0v) is 24.1. The van der Waals surface area contributed by atoms with E-state index in [1.54, 1.807) is 6.92 Å². The largest absolute Gasteiger partial charge is 0.454 e. The molecule has 0 saturated carbocycles. The van der Waals surface area contributed by atoms with Crippen LogP contribution in [0, 0.1) is 11.3 Å². The van der Waals surface area contributed by atoms with Gasteiger partial charge in [0.1, 0.15) is 6.10 Å². The summed E-state index contributed by atoms with van der Waals surface area (Å²) in [6, 6.07) is 0. The normalized spacial score (nSPS) is 28.4. The van der Waals surface area contributed by atoms with Gasteiger partial charge in [-0.05, 0) is 27.2 Å². The Morgan fingerprint density at radius 3 is 1.62 bits per heavy atom. The van der Waals surface area contributed by atoms with Gasteiger partial charge in [0.05, 0.1) is 5.41 Å². The van der Waals surface area contributed by atoms with Gasteiger partial charge in [-0.3, -0.25) is 14.4 Å². The zero-order chi connectivity index (χ0) is 36.3. The molecule has 6 atom stereocenters. The minimum Gasteiger partial charge on any atom is -0.454 e. The summed E-state index contributed by atoms with van der Waals surface area (Å²) in [6.45, 7) is 5.32. The lowest BCUT2D eigenvalue weighted by molar-refractivity contribution is -0.319. The highest BCUT2D eigenvalue weighted by Gasteiger charge is 2.67. The molecule has 6 unspecified atom stereocenters. The second-order valence-electron chi connectivity index (χ2n) is 11.3. The molecule has 3 rings (SSSR count). The standard InChI is InChI=1S/C24H24F12O11/c1-5-19(2,3)18(40)43-10-8-9(41-14(10)39)11-15(42-8)47-20(4,46-11)6-7(12(37)44-16(21(25,26)27)22(28,29)30)13(38)45-17(23(31,32)33)24(34,35)36/h7-11,15-17H,5-6H2,1-4H3. The van der Waals surface area contributed by atoms with E-state index in [0.717, 1.165) is 0 Å². The average molecular weight is 716 g/mol. The second-order valence-corrected chi connectivity index (χ2v) is 11.3. The Bertz CT molecular complexity index is 1150. The van der Waals surface area contributed by atoms with Gasteiger partial charge in [-0.1, -0.05) is 6.92 Å². The summed E-state index contributed by atoms with van der Waals surface area (Å²) in [7, 11) is 0. The maximum absolute atomic E-state index is 13.0. The van der Waals surface area contributed by atoms with Crippen LogP contribution in [0.1, 0.15) is 40.5 Å². The molecule has 0 bridgehead atoms. The highest BCUT2D eigenvalue weighted by Crippen LogP contribution is 2.46. The second kappa shape index (κ2) is 12.4. The number of hydrogen-bond donors (Lipinski definition) is 0. The minimum atomic E-state index is -6.41. The van der Waals surface area contributed by atoms with Gasteiger partial charge in [0.15, 0.2) is 30.2 Å². The third kappa shape index (κ3) is 8.32. The number of rotatable bonds is 9. The SMILES string of the molecule is CCC(C)(C)C(=O)OC1C(=O)OC2C3OC(C)(CC(C(=O)OC(C(F)(F)F)C(F)(F)F)C(=O)OC(C(F)(F)F)C(F)(F)F)OC3OC12. The summed E-state index contributed by atoms with van der Waals surface area (Å²) in [5, 5.41) is 0. The molecular formula is C24H24F12O11. The maximum atomic E-state index is 13.0. The molecule has 0 aromatic rings. The van der Waals surface area contributed by atoms with Crippen molar-refractivity contribution in [3.8, 4) is 0 Å². The van der Waals surface area contributed by atoms with Crippen LogP contribution in [0.4, 0.5) is 52.7 Å². The van der Waals surface area contributed by atoms with Gasteiger partial charge in [-0.25, -0.2) is 4.79 Å². The summed E-state index contributed by atoms with van der Waals surface area (Å²) in [5.41, 5.74) is -1.08. The predicted molar refractivity (Wildman–Crippen MR) is 119 cm³/mol. The number of fused-ring (bicyclic) bond motifs is 3. The molecule has 0 radical (unpaired) electrons. The third-order valence-electron chi connectivity index (χ3n) is 7.21. The Labute approximate surface area is 255 Å². The Hall–Kier alpha value is -3.08. The predicted octanol–water partition coefficient (Wildman–Crippen LogP) is 4.20. The summed E-state index contributed by atoms with van der Waals surface area (Å²) in [6.07, 6.45) is -45.0. The van der Waals surface area contributed by atoms with Gasteiger partial charge in [0.2, 0.25) is 6.10 Å². The minimum absolute atomic E-state index is 0.268. The van der Waals surface area contributed by atoms with Crippen molar-refractivity contribution < 1.29 is 105 Å². The average Bonchev–Trinajstić information content (AvgIpc) is 3.48. The van der Waals surface area contributed by atoms with E-state index in [-0.39, 0.29) is 6.42 Å². The quantitative estimate of drug-likeness (QED) is 0.147. The monoisotopic (exact) mass is 716 g/mol. The topological polar surface area (TPSA) is 133 Å². The third-order valence-corrected chi connectivity index (χ3v) is 7.21. The van der Waals surface area contributed by atoms with E-state index in [2.05, 4.69) is 9.47 Å². The smallest absolute Gasteiger partial charge is 0.434 e. The van der Waals surface area contributed by atoms with Crippen LogP contribution in [0.3, 0.4) is 0 Å². The van der Waals surface area contributed by atoms with Crippen molar-refractivity contribution in [1.82, 2.24) is 0 Å². The van der Waals surface area contributed by atoms with Gasteiger partial charge < -0.3 is 33.2 Å². The first kappa shape index (κ1) is 38.4. The number of halogens is 12. The molecule has 23 heteroatoms. The number of ether oxygens (including phenoxy) is 7. The Kier molecular flexibility index (Phi) is 10.1. The van der Waals surface area contributed by atoms with Crippen molar-refractivity contribution >= 4 is 23.9 Å². The van der Waals surface area contributed by atoms with Gasteiger partial charge in [-0.15, -0.1) is 0 Å². The number of esters is 4. The number of alkyl halides is 12. The van der Waals surface area contributed by atoms with Crippen molar-refractivity contribution in [3.63, 3.8) is 0 Å². The van der Waals surface area contributed by atoms with Gasteiger partial charge in [0, 0.05) is 6.42 Å². The van der Waals surface area contributed by atoms with Gasteiger partial charge >= 0.3 is 48.6 Å². The molecule has 3 heterocycles. The van der Waals surface area contributed by atoms with E-state index in [9.17, 15) is 71.9 Å². The molecule has 0 N–H and O–H groups in total. The molecule has 0 aromatic carbocycles. The van der Waals surface area contributed by atoms with Gasteiger partial charge in [-0.2, -0.15) is 52.7 Å². The number of carbonyl (C=O) groups excluding carboxylic acids is 4. The molecule has 0 aliphatic carbocycles. The van der Waals surface area contributed by atoms with Gasteiger partial charge in [0.25, 0.3) is 12.2 Å². The van der Waals surface area contributed by atoms with Crippen LogP contribution in [0.2, 0.25) is 0 Å². The molecule has 3 saturated heterocycles. The van der Waals surface area contributed by atoms with Crippen molar-refractivity contribution in [2.75, 3.05) is 0 Å². The fraction of sp³-hybridized carbons (Fsp3) is 0.833. The summed E-state index contributed by atoms with van der Waals surface area (Å²) >= 11 is 0. The van der Waals surface area contributed by atoms with E-state index in [0.29, 0.717) is 6.92 Å². The van der Waals surface area contributed by atoms with Crippen LogP contribution in [-0.4, -0.2) is 97.3 Å². The first-order valence-corrected chi connectivity index (χ1v) is 13.1. The Morgan fingerprint density at radius 2 is 1.21 bits per heavy atom. The number of carbonyl (C=O) groups is 4. The molecule has 0 amide bonds. The highest BCUT2D eigenvalue weighted by molar-refractivity contribution is 5.95. The lowest BCUT2D eigenvalue weighted by Crippen LogP contribution is -2.50. The van der Waals surface area contributed by atoms with E-state index in [4.69, 9.17) is 23.7 Å². The molecule has 11 nitrogen and oxygen atoms in total. The highest BCUT2D eigenvalue weighted by atomic mass is 19.4. The molecule has 3 aliphatic heterocycles. The first-order valence-electron chi connectivity index (χ1n) is 13.1. The Morgan fingerprint density at radius 1 is 0.766 bits per heavy atom. The van der Waals surface area contributed by atoms with Crippen LogP contribution in [-0.2, 0) is 52.3 Å². The van der Waals surface area contributed by atoms with E-state index >= 15 is 0 Å². The molecule has 3 fully saturated rings. The molecule has 3 aliphatic rings. The van der Waals surface area contributed by atoms with Crippen LogP contribution in [0.15, 0.2) is 0 Å². The van der Waals surface area contributed by atoms with Crippen molar-refractivity contribution in [3.05, 3.63) is 0 Å². The molecule has 0 spiro atoms. The van der Waals surface area contributed by atoms with Crippen LogP contribution in [0.25, 0.3) is 0 Å². The Balaban J connectivity index is 1.87. The molecule has 270 valence electrons.